The van der Waals surface area contributed by atoms with Crippen molar-refractivity contribution in [2.45, 2.75) is 51.1 Å². The molecule has 6 nitrogen and oxygen atoms in total. The monoisotopic (exact) mass is 239 g/mol. The van der Waals surface area contributed by atoms with Gasteiger partial charge in [0, 0.05) is 6.04 Å². The van der Waals surface area contributed by atoms with E-state index in [1.165, 1.54) is 11.8 Å². The van der Waals surface area contributed by atoms with E-state index < -0.39 is 17.9 Å². The van der Waals surface area contributed by atoms with Crippen LogP contribution in [0, 0.1) is 0 Å². The van der Waals surface area contributed by atoms with Crippen molar-refractivity contribution in [2.75, 3.05) is 0 Å². The van der Waals surface area contributed by atoms with Crippen molar-refractivity contribution in [3.8, 4) is 0 Å². The van der Waals surface area contributed by atoms with Gasteiger partial charge in [0.05, 0.1) is 0 Å². The number of carboxylic acid groups (broad SMARTS) is 1. The lowest BCUT2D eigenvalue weighted by Crippen LogP contribution is -2.49. The summed E-state index contributed by atoms with van der Waals surface area (Å²) >= 11 is 0. The molecule has 0 radical (unpaired) electrons. The molecular weight excluding hydrogens is 222 g/mol. The van der Waals surface area contributed by atoms with Crippen LogP contribution in [0.25, 0.3) is 5.53 Å². The fraction of sp³-hybridized carbons (Fsp3) is 0.727. The first-order valence-electron chi connectivity index (χ1n) is 5.80. The van der Waals surface area contributed by atoms with Crippen LogP contribution >= 0.6 is 0 Å². The van der Waals surface area contributed by atoms with Crippen LogP contribution < -0.4 is 0 Å². The number of carbonyl (C=O) groups is 2. The van der Waals surface area contributed by atoms with E-state index in [-0.39, 0.29) is 6.04 Å². The highest BCUT2D eigenvalue weighted by molar-refractivity contribution is 6.27. The number of ketones is 1. The first-order chi connectivity index (χ1) is 8.07. The Morgan fingerprint density at radius 1 is 1.41 bits per heavy atom. The Morgan fingerprint density at radius 2 is 2.00 bits per heavy atom. The topological polar surface area (TPSA) is 94.0 Å². The zero-order chi connectivity index (χ0) is 12.8. The van der Waals surface area contributed by atoms with Crippen LogP contribution in [0.3, 0.4) is 0 Å². The molecule has 1 amide bonds. The highest BCUT2D eigenvalue weighted by Gasteiger charge is 2.33. The smallest absolute Gasteiger partial charge is 0.408 e. The molecule has 1 unspecified atom stereocenters. The second-order valence-electron chi connectivity index (χ2n) is 4.30. The third kappa shape index (κ3) is 3.39. The van der Waals surface area contributed by atoms with E-state index in [2.05, 4.69) is 4.79 Å². The minimum atomic E-state index is -1.09. The molecule has 1 rings (SSSR count). The first kappa shape index (κ1) is 13.4. The van der Waals surface area contributed by atoms with Crippen LogP contribution in [-0.2, 0) is 4.79 Å². The predicted molar refractivity (Wildman–Crippen MR) is 60.9 cm³/mol. The normalized spacial score (nSPS) is 17.9. The minimum Gasteiger partial charge on any atom is -0.465 e. The van der Waals surface area contributed by atoms with E-state index >= 15 is 0 Å². The molecule has 1 saturated carbocycles. The molecule has 1 fully saturated rings. The summed E-state index contributed by atoms with van der Waals surface area (Å²) in [6, 6.07) is -0.904. The largest absolute Gasteiger partial charge is 0.465 e. The standard InChI is InChI=1S/C11H17N3O3/c1-8(10(15)7-13-12)14(11(16)17)9-5-3-2-4-6-9/h7-9H,2-6H2,1H3,(H,16,17). The van der Waals surface area contributed by atoms with Crippen LogP contribution in [0.2, 0.25) is 0 Å². The number of amides is 1. The summed E-state index contributed by atoms with van der Waals surface area (Å²) in [4.78, 5) is 26.6. The summed E-state index contributed by atoms with van der Waals surface area (Å²) in [5.41, 5.74) is 8.30. The van der Waals surface area contributed by atoms with E-state index in [4.69, 9.17) is 5.53 Å². The molecule has 1 atom stereocenters. The predicted octanol–water partition coefficient (Wildman–Crippen LogP) is 1.56. The van der Waals surface area contributed by atoms with Crippen molar-refractivity contribution in [1.82, 2.24) is 4.90 Å². The van der Waals surface area contributed by atoms with Gasteiger partial charge in [0.25, 0.3) is 5.78 Å². The molecule has 6 heteroatoms. The van der Waals surface area contributed by atoms with E-state index in [0.717, 1.165) is 38.3 Å². The van der Waals surface area contributed by atoms with Gasteiger partial charge in [0.15, 0.2) is 0 Å². The lowest BCUT2D eigenvalue weighted by atomic mass is 9.93. The average molecular weight is 239 g/mol. The van der Waals surface area contributed by atoms with E-state index in [1.54, 1.807) is 0 Å². The molecule has 0 spiro atoms. The molecule has 0 heterocycles. The second kappa shape index (κ2) is 6.15. The Balaban J connectivity index is 2.80. The Morgan fingerprint density at radius 3 is 2.47 bits per heavy atom. The number of rotatable bonds is 4. The van der Waals surface area contributed by atoms with Gasteiger partial charge < -0.3 is 10.6 Å². The van der Waals surface area contributed by atoms with Crippen molar-refractivity contribution < 1.29 is 19.5 Å². The van der Waals surface area contributed by atoms with Crippen molar-refractivity contribution >= 4 is 18.1 Å². The van der Waals surface area contributed by atoms with Crippen molar-refractivity contribution in [1.29, 1.82) is 0 Å². The number of nitrogens with zero attached hydrogens (tertiary/aromatic N) is 3. The molecule has 17 heavy (non-hydrogen) atoms. The lowest BCUT2D eigenvalue weighted by Gasteiger charge is -2.34. The molecule has 0 bridgehead atoms. The van der Waals surface area contributed by atoms with E-state index in [1.807, 2.05) is 0 Å². The summed E-state index contributed by atoms with van der Waals surface area (Å²) < 4.78 is 0. The van der Waals surface area contributed by atoms with Gasteiger partial charge in [-0.1, -0.05) is 19.3 Å². The van der Waals surface area contributed by atoms with Crippen LogP contribution in [0.5, 0.6) is 0 Å². The van der Waals surface area contributed by atoms with Gasteiger partial charge >= 0.3 is 12.3 Å². The highest BCUT2D eigenvalue weighted by atomic mass is 16.4. The first-order valence-corrected chi connectivity index (χ1v) is 5.80. The molecule has 1 aliphatic rings. The van der Waals surface area contributed by atoms with Crippen molar-refractivity contribution in [3.63, 3.8) is 0 Å². The third-order valence-electron chi connectivity index (χ3n) is 3.20. The zero-order valence-corrected chi connectivity index (χ0v) is 9.87. The average Bonchev–Trinajstić information content (AvgIpc) is 2.30. The maximum atomic E-state index is 11.5. The van der Waals surface area contributed by atoms with Crippen LogP contribution in [0.1, 0.15) is 39.0 Å². The highest BCUT2D eigenvalue weighted by Crippen LogP contribution is 2.24. The van der Waals surface area contributed by atoms with Crippen LogP contribution in [-0.4, -0.2) is 45.0 Å². The second-order valence-corrected chi connectivity index (χ2v) is 4.30. The van der Waals surface area contributed by atoms with Crippen LogP contribution in [0.4, 0.5) is 4.79 Å². The molecule has 94 valence electrons. The van der Waals surface area contributed by atoms with Gasteiger partial charge in [-0.2, -0.15) is 4.79 Å². The molecule has 1 N–H and O–H groups in total. The zero-order valence-electron chi connectivity index (χ0n) is 9.87. The summed E-state index contributed by atoms with van der Waals surface area (Å²) in [7, 11) is 0. The van der Waals surface area contributed by atoms with Gasteiger partial charge in [0.1, 0.15) is 6.04 Å². The van der Waals surface area contributed by atoms with Gasteiger partial charge in [-0.3, -0.25) is 9.69 Å². The molecular formula is C11H17N3O3. The van der Waals surface area contributed by atoms with Gasteiger partial charge in [-0.05, 0) is 19.8 Å². The summed E-state index contributed by atoms with van der Waals surface area (Å²) in [6.07, 6.45) is 4.34. The molecule has 0 aromatic carbocycles. The number of hydrogen-bond donors (Lipinski definition) is 1. The van der Waals surface area contributed by atoms with Crippen LogP contribution in [0.15, 0.2) is 0 Å². The minimum absolute atomic E-state index is 0.104. The van der Waals surface area contributed by atoms with E-state index in [0.29, 0.717) is 0 Å². The summed E-state index contributed by atoms with van der Waals surface area (Å²) in [6.45, 7) is 1.52. The van der Waals surface area contributed by atoms with E-state index in [9.17, 15) is 14.7 Å². The van der Waals surface area contributed by atoms with Gasteiger partial charge in [-0.25, -0.2) is 4.79 Å². The quantitative estimate of drug-likeness (QED) is 0.458. The Bertz CT molecular complexity index is 344. The number of carbonyl (C=O) groups excluding carboxylic acids is 1. The van der Waals surface area contributed by atoms with Gasteiger partial charge in [-0.15, -0.1) is 0 Å². The van der Waals surface area contributed by atoms with Crippen molar-refractivity contribution in [2.24, 2.45) is 0 Å². The number of hydrogen-bond acceptors (Lipinski definition) is 2. The molecule has 0 saturated heterocycles. The fourth-order valence-electron chi connectivity index (χ4n) is 2.30. The Hall–Kier alpha value is -1.68. The molecule has 0 aliphatic heterocycles. The Labute approximate surface area is 99.8 Å². The summed E-state index contributed by atoms with van der Waals surface area (Å²) in [5, 5.41) is 9.18. The SMILES string of the molecule is CC(C(=O)C=[N+]=[N-])N(C(=O)O)C1CCCCC1. The maximum Gasteiger partial charge on any atom is 0.408 e. The third-order valence-corrected chi connectivity index (χ3v) is 3.20. The fourth-order valence-corrected chi connectivity index (χ4v) is 2.30. The van der Waals surface area contributed by atoms with Crippen molar-refractivity contribution in [3.05, 3.63) is 5.53 Å². The number of Topliss-reactive ketones (excluding diaryl/α,β-unsaturated/α-hetero) is 1. The molecule has 0 aromatic heterocycles. The Kier molecular flexibility index (Phi) is 4.84. The van der Waals surface area contributed by atoms with Gasteiger partial charge in [0.2, 0.25) is 0 Å². The summed E-state index contributed by atoms with van der Waals surface area (Å²) in [5.74, 6) is -0.500. The molecule has 1 aliphatic carbocycles. The maximum absolute atomic E-state index is 11.5. The lowest BCUT2D eigenvalue weighted by molar-refractivity contribution is -0.120. The molecule has 0 aromatic rings.